The first kappa shape index (κ1) is 10.8. The van der Waals surface area contributed by atoms with Gasteiger partial charge in [-0.3, -0.25) is 0 Å². The van der Waals surface area contributed by atoms with Crippen LogP contribution in [0.1, 0.15) is 25.5 Å². The lowest BCUT2D eigenvalue weighted by Crippen LogP contribution is -1.98. The fraction of sp³-hybridized carbons (Fsp3) is 0.385. The molecule has 1 aromatic rings. The van der Waals surface area contributed by atoms with Gasteiger partial charge in [-0.25, -0.2) is 0 Å². The fourth-order valence-corrected chi connectivity index (χ4v) is 1.15. The predicted octanol–water partition coefficient (Wildman–Crippen LogP) is 3.03. The van der Waals surface area contributed by atoms with Crippen LogP contribution in [0.4, 0.5) is 0 Å². The van der Waals surface area contributed by atoms with Gasteiger partial charge in [0.05, 0.1) is 0 Å². The van der Waals surface area contributed by atoms with Gasteiger partial charge in [0.1, 0.15) is 6.10 Å². The predicted molar refractivity (Wildman–Crippen MR) is 58.8 cm³/mol. The van der Waals surface area contributed by atoms with Crippen LogP contribution in [-0.2, 0) is 4.74 Å². The molecule has 1 unspecified atom stereocenters. The number of ether oxygens (including phenoxy) is 1. The minimum atomic E-state index is -0.0985. The van der Waals surface area contributed by atoms with Crippen LogP contribution in [0.25, 0.3) is 0 Å². The lowest BCUT2D eigenvalue weighted by Gasteiger charge is -2.08. The van der Waals surface area contributed by atoms with E-state index in [4.69, 9.17) is 4.74 Å². The maximum atomic E-state index is 5.31. The molecule has 0 spiro atoms. The van der Waals surface area contributed by atoms with Gasteiger partial charge >= 0.3 is 0 Å². The molecular weight excluding hydrogens is 172 g/mol. The van der Waals surface area contributed by atoms with Crippen molar-refractivity contribution in [2.45, 2.75) is 20.0 Å². The molecule has 0 aromatic heterocycles. The topological polar surface area (TPSA) is 9.23 Å². The van der Waals surface area contributed by atoms with Gasteiger partial charge in [0.2, 0.25) is 0 Å². The highest BCUT2D eigenvalue weighted by atomic mass is 16.5. The van der Waals surface area contributed by atoms with Crippen molar-refractivity contribution >= 4 is 0 Å². The van der Waals surface area contributed by atoms with Crippen LogP contribution in [0.2, 0.25) is 0 Å². The lowest BCUT2D eigenvalue weighted by atomic mass is 10.1. The van der Waals surface area contributed by atoms with E-state index < -0.39 is 0 Å². The first-order chi connectivity index (χ1) is 6.74. The van der Waals surface area contributed by atoms with Gasteiger partial charge in [-0.1, -0.05) is 56.0 Å². The summed E-state index contributed by atoms with van der Waals surface area (Å²) in [6, 6.07) is 10.1. The van der Waals surface area contributed by atoms with E-state index in [1.54, 1.807) is 7.11 Å². The number of methoxy groups -OCH3 is 1. The van der Waals surface area contributed by atoms with Crippen molar-refractivity contribution in [3.63, 3.8) is 0 Å². The SMILES string of the molecule is COC(C#CC(C)C)c1ccccc1. The largest absolute Gasteiger partial charge is 0.364 e. The molecule has 1 nitrogen and oxygen atoms in total. The first-order valence-electron chi connectivity index (χ1n) is 4.83. The van der Waals surface area contributed by atoms with Crippen molar-refractivity contribution in [1.29, 1.82) is 0 Å². The summed E-state index contributed by atoms with van der Waals surface area (Å²) in [6.07, 6.45) is -0.0985. The second-order valence-electron chi connectivity index (χ2n) is 3.47. The van der Waals surface area contributed by atoms with E-state index in [0.29, 0.717) is 5.92 Å². The third-order valence-electron chi connectivity index (χ3n) is 1.84. The van der Waals surface area contributed by atoms with E-state index in [9.17, 15) is 0 Å². The maximum Gasteiger partial charge on any atom is 0.143 e. The molecule has 14 heavy (non-hydrogen) atoms. The van der Waals surface area contributed by atoms with Crippen LogP contribution in [0.3, 0.4) is 0 Å². The summed E-state index contributed by atoms with van der Waals surface area (Å²) in [5.74, 6) is 6.62. The summed E-state index contributed by atoms with van der Waals surface area (Å²) in [7, 11) is 1.69. The quantitative estimate of drug-likeness (QED) is 0.648. The highest BCUT2D eigenvalue weighted by molar-refractivity contribution is 5.25. The van der Waals surface area contributed by atoms with E-state index in [2.05, 4.69) is 25.7 Å². The van der Waals surface area contributed by atoms with Crippen molar-refractivity contribution in [1.82, 2.24) is 0 Å². The Kier molecular flexibility index (Phi) is 4.22. The molecule has 0 saturated carbocycles. The molecule has 74 valence electrons. The number of hydrogen-bond acceptors (Lipinski definition) is 1. The van der Waals surface area contributed by atoms with Gasteiger partial charge in [0.25, 0.3) is 0 Å². The number of rotatable bonds is 2. The third kappa shape index (κ3) is 3.24. The normalized spacial score (nSPS) is 12.0. The second-order valence-corrected chi connectivity index (χ2v) is 3.47. The zero-order valence-electron chi connectivity index (χ0n) is 8.95. The van der Waals surface area contributed by atoms with Crippen LogP contribution >= 0.6 is 0 Å². The van der Waals surface area contributed by atoms with Crippen LogP contribution in [-0.4, -0.2) is 7.11 Å². The van der Waals surface area contributed by atoms with E-state index in [1.165, 1.54) is 0 Å². The lowest BCUT2D eigenvalue weighted by molar-refractivity contribution is 0.150. The molecule has 0 amide bonds. The average Bonchev–Trinajstić information content (AvgIpc) is 2.20. The summed E-state index contributed by atoms with van der Waals surface area (Å²) in [5, 5.41) is 0. The van der Waals surface area contributed by atoms with Gasteiger partial charge in [-0.2, -0.15) is 0 Å². The van der Waals surface area contributed by atoms with Crippen LogP contribution in [0, 0.1) is 17.8 Å². The Morgan fingerprint density at radius 1 is 1.07 bits per heavy atom. The zero-order chi connectivity index (χ0) is 10.4. The van der Waals surface area contributed by atoms with Gasteiger partial charge < -0.3 is 4.74 Å². The summed E-state index contributed by atoms with van der Waals surface area (Å²) in [6.45, 7) is 4.15. The molecule has 0 saturated heterocycles. The van der Waals surface area contributed by atoms with Crippen molar-refractivity contribution in [3.8, 4) is 11.8 Å². The van der Waals surface area contributed by atoms with Gasteiger partial charge in [0.15, 0.2) is 0 Å². The fourth-order valence-electron chi connectivity index (χ4n) is 1.15. The molecule has 0 aliphatic carbocycles. The zero-order valence-corrected chi connectivity index (χ0v) is 8.95. The second kappa shape index (κ2) is 5.47. The Hall–Kier alpha value is -1.26. The average molecular weight is 188 g/mol. The number of benzene rings is 1. The van der Waals surface area contributed by atoms with Crippen molar-refractivity contribution in [2.24, 2.45) is 5.92 Å². The molecule has 1 atom stereocenters. The molecule has 0 N–H and O–H groups in total. The highest BCUT2D eigenvalue weighted by Gasteiger charge is 2.04. The Morgan fingerprint density at radius 2 is 1.71 bits per heavy atom. The van der Waals surface area contributed by atoms with E-state index in [1.807, 2.05) is 30.3 Å². The molecule has 0 radical (unpaired) electrons. The minimum Gasteiger partial charge on any atom is -0.364 e. The molecule has 0 heterocycles. The van der Waals surface area contributed by atoms with Gasteiger partial charge in [-0.15, -0.1) is 0 Å². The van der Waals surface area contributed by atoms with Gasteiger partial charge in [-0.05, 0) is 5.56 Å². The molecular formula is C13H16O. The van der Waals surface area contributed by atoms with Gasteiger partial charge in [0, 0.05) is 13.0 Å². The Labute approximate surface area is 86.1 Å². The molecule has 0 aliphatic heterocycles. The summed E-state index contributed by atoms with van der Waals surface area (Å²) < 4.78 is 5.31. The third-order valence-corrected chi connectivity index (χ3v) is 1.84. The molecule has 1 heteroatoms. The van der Waals surface area contributed by atoms with Crippen LogP contribution in [0.5, 0.6) is 0 Å². The summed E-state index contributed by atoms with van der Waals surface area (Å²) in [5.41, 5.74) is 1.11. The Bertz CT molecular complexity index is 316. The number of hydrogen-bond donors (Lipinski definition) is 0. The molecule has 1 rings (SSSR count). The summed E-state index contributed by atoms with van der Waals surface area (Å²) in [4.78, 5) is 0. The first-order valence-corrected chi connectivity index (χ1v) is 4.83. The van der Waals surface area contributed by atoms with Crippen LogP contribution < -0.4 is 0 Å². The standard InChI is InChI=1S/C13H16O/c1-11(2)9-10-13(14-3)12-7-5-4-6-8-12/h4-8,11,13H,1-3H3. The Balaban J connectivity index is 2.80. The minimum absolute atomic E-state index is 0.0985. The molecule has 0 aliphatic rings. The monoisotopic (exact) mass is 188 g/mol. The van der Waals surface area contributed by atoms with Crippen molar-refractivity contribution in [2.75, 3.05) is 7.11 Å². The van der Waals surface area contributed by atoms with Crippen molar-refractivity contribution in [3.05, 3.63) is 35.9 Å². The van der Waals surface area contributed by atoms with Crippen molar-refractivity contribution < 1.29 is 4.74 Å². The van der Waals surface area contributed by atoms with E-state index in [-0.39, 0.29) is 6.10 Å². The molecule has 1 aromatic carbocycles. The molecule has 0 bridgehead atoms. The summed E-state index contributed by atoms with van der Waals surface area (Å²) >= 11 is 0. The van der Waals surface area contributed by atoms with E-state index >= 15 is 0 Å². The highest BCUT2D eigenvalue weighted by Crippen LogP contribution is 2.14. The van der Waals surface area contributed by atoms with Crippen LogP contribution in [0.15, 0.2) is 30.3 Å². The Morgan fingerprint density at radius 3 is 2.21 bits per heavy atom. The van der Waals surface area contributed by atoms with E-state index in [0.717, 1.165) is 5.56 Å². The maximum absolute atomic E-state index is 5.31. The molecule has 0 fully saturated rings. The smallest absolute Gasteiger partial charge is 0.143 e.